The van der Waals surface area contributed by atoms with Gasteiger partial charge in [-0.05, 0) is 43.0 Å². The van der Waals surface area contributed by atoms with E-state index in [4.69, 9.17) is 4.98 Å². The lowest BCUT2D eigenvalue weighted by molar-refractivity contribution is 0.344. The normalized spacial score (nSPS) is 17.5. The minimum Gasteiger partial charge on any atom is -0.513 e. The van der Waals surface area contributed by atoms with Crippen molar-refractivity contribution in [2.24, 2.45) is 5.92 Å². The molecule has 1 fully saturated rings. The molecule has 0 saturated carbocycles. The van der Waals surface area contributed by atoms with E-state index in [0.717, 1.165) is 37.4 Å². The molecule has 2 aromatic rings. The number of aliphatic hydroxyl groups excluding tert-OH is 1. The van der Waals surface area contributed by atoms with Gasteiger partial charge < -0.3 is 10.0 Å². The minimum atomic E-state index is 0.158. The van der Waals surface area contributed by atoms with Crippen molar-refractivity contribution in [1.29, 1.82) is 0 Å². The van der Waals surface area contributed by atoms with E-state index in [1.807, 2.05) is 6.07 Å². The molecule has 0 amide bonds. The molecule has 120 valence electrons. The van der Waals surface area contributed by atoms with Crippen LogP contribution in [-0.4, -0.2) is 23.2 Å². The van der Waals surface area contributed by atoms with Gasteiger partial charge in [-0.25, -0.2) is 4.98 Å². The Hall–Kier alpha value is -2.29. The first kappa shape index (κ1) is 15.6. The van der Waals surface area contributed by atoms with E-state index in [9.17, 15) is 5.11 Å². The van der Waals surface area contributed by atoms with Crippen LogP contribution < -0.4 is 4.90 Å². The van der Waals surface area contributed by atoms with E-state index < -0.39 is 0 Å². The Labute approximate surface area is 138 Å². The summed E-state index contributed by atoms with van der Waals surface area (Å²) in [4.78, 5) is 7.12. The van der Waals surface area contributed by atoms with Gasteiger partial charge in [0.15, 0.2) is 0 Å². The van der Waals surface area contributed by atoms with Crippen LogP contribution in [-0.2, 0) is 6.42 Å². The maximum Gasteiger partial charge on any atom is 0.129 e. The highest BCUT2D eigenvalue weighted by atomic mass is 16.3. The fourth-order valence-corrected chi connectivity index (χ4v) is 3.40. The third-order valence-corrected chi connectivity index (χ3v) is 4.76. The van der Waals surface area contributed by atoms with Gasteiger partial charge in [0.1, 0.15) is 5.82 Å². The Morgan fingerprint density at radius 3 is 2.78 bits per heavy atom. The summed E-state index contributed by atoms with van der Waals surface area (Å²) in [5, 5.41) is 9.61. The second-order valence-corrected chi connectivity index (χ2v) is 6.26. The Morgan fingerprint density at radius 2 is 2.09 bits per heavy atom. The molecule has 1 N–H and O–H groups in total. The van der Waals surface area contributed by atoms with E-state index in [2.05, 4.69) is 55.7 Å². The third kappa shape index (κ3) is 3.09. The fraction of sp³-hybridized carbons (Fsp3) is 0.350. The van der Waals surface area contributed by atoms with E-state index in [-0.39, 0.29) is 11.7 Å². The Kier molecular flexibility index (Phi) is 4.37. The monoisotopic (exact) mass is 308 g/mol. The molecule has 23 heavy (non-hydrogen) atoms. The minimum absolute atomic E-state index is 0.158. The van der Waals surface area contributed by atoms with Crippen molar-refractivity contribution in [3.8, 4) is 11.3 Å². The molecule has 0 radical (unpaired) electrons. The fourth-order valence-electron chi connectivity index (χ4n) is 3.40. The first-order valence-electron chi connectivity index (χ1n) is 8.28. The predicted octanol–water partition coefficient (Wildman–Crippen LogP) is 4.52. The predicted molar refractivity (Wildman–Crippen MR) is 95.9 cm³/mol. The molecular formula is C20H24N2O. The first-order chi connectivity index (χ1) is 11.1. The number of hydrogen-bond acceptors (Lipinski definition) is 3. The summed E-state index contributed by atoms with van der Waals surface area (Å²) in [6.07, 6.45) is 1.94. The van der Waals surface area contributed by atoms with Crippen molar-refractivity contribution in [3.63, 3.8) is 0 Å². The van der Waals surface area contributed by atoms with E-state index in [1.165, 1.54) is 16.7 Å². The summed E-state index contributed by atoms with van der Waals surface area (Å²) in [5.74, 6) is 1.43. The second kappa shape index (κ2) is 6.45. The average molecular weight is 308 g/mol. The summed E-state index contributed by atoms with van der Waals surface area (Å²) >= 11 is 0. The van der Waals surface area contributed by atoms with Crippen molar-refractivity contribution in [2.45, 2.75) is 26.7 Å². The van der Waals surface area contributed by atoms with Crippen molar-refractivity contribution >= 4 is 5.82 Å². The van der Waals surface area contributed by atoms with Crippen LogP contribution in [0.3, 0.4) is 0 Å². The molecule has 0 bridgehead atoms. The van der Waals surface area contributed by atoms with Crippen LogP contribution in [0.15, 0.2) is 48.7 Å². The molecule has 3 heteroatoms. The molecule has 1 atom stereocenters. The van der Waals surface area contributed by atoms with Crippen molar-refractivity contribution in [1.82, 2.24) is 4.98 Å². The van der Waals surface area contributed by atoms with Gasteiger partial charge in [0.05, 0.1) is 11.5 Å². The number of pyridine rings is 1. The number of aromatic nitrogens is 1. The SMILES string of the molecule is C=C(O)[C@@H]1CCN(c2cccc(-c3cccc(C)c3CC)n2)C1. The first-order valence-corrected chi connectivity index (χ1v) is 8.28. The quantitative estimate of drug-likeness (QED) is 0.844. The molecule has 1 aliphatic heterocycles. The highest BCUT2D eigenvalue weighted by molar-refractivity contribution is 5.67. The number of aryl methyl sites for hydroxylation is 1. The highest BCUT2D eigenvalue weighted by Gasteiger charge is 2.25. The van der Waals surface area contributed by atoms with Crippen LogP contribution >= 0.6 is 0 Å². The molecule has 0 aliphatic carbocycles. The Morgan fingerprint density at radius 1 is 1.30 bits per heavy atom. The summed E-state index contributed by atoms with van der Waals surface area (Å²) in [7, 11) is 0. The summed E-state index contributed by atoms with van der Waals surface area (Å²) in [5.41, 5.74) is 4.92. The number of hydrogen-bond donors (Lipinski definition) is 1. The van der Waals surface area contributed by atoms with Crippen LogP contribution in [0.1, 0.15) is 24.5 Å². The standard InChI is InChI=1S/C20H24N2O/c1-4-17-14(2)7-5-8-18(17)19-9-6-10-20(21-19)22-12-11-16(13-22)15(3)23/h5-10,16,23H,3-4,11-13H2,1-2H3/t16-/m1/s1. The van der Waals surface area contributed by atoms with Crippen LogP contribution in [0.2, 0.25) is 0 Å². The van der Waals surface area contributed by atoms with Crippen molar-refractivity contribution < 1.29 is 5.11 Å². The van der Waals surface area contributed by atoms with Gasteiger partial charge in [-0.3, -0.25) is 0 Å². The van der Waals surface area contributed by atoms with Crippen LogP contribution in [0.25, 0.3) is 11.3 Å². The van der Waals surface area contributed by atoms with Crippen LogP contribution in [0.4, 0.5) is 5.82 Å². The summed E-state index contributed by atoms with van der Waals surface area (Å²) < 4.78 is 0. The molecule has 3 rings (SSSR count). The Balaban J connectivity index is 1.92. The number of rotatable bonds is 4. The number of aliphatic hydroxyl groups is 1. The van der Waals surface area contributed by atoms with Crippen LogP contribution in [0, 0.1) is 12.8 Å². The molecule has 2 heterocycles. The van der Waals surface area contributed by atoms with Gasteiger partial charge in [0.2, 0.25) is 0 Å². The zero-order valence-electron chi connectivity index (χ0n) is 13.9. The van der Waals surface area contributed by atoms with Crippen molar-refractivity contribution in [2.75, 3.05) is 18.0 Å². The van der Waals surface area contributed by atoms with Gasteiger partial charge in [0.25, 0.3) is 0 Å². The zero-order valence-corrected chi connectivity index (χ0v) is 13.9. The molecule has 0 unspecified atom stereocenters. The van der Waals surface area contributed by atoms with Gasteiger partial charge in [-0.1, -0.05) is 37.8 Å². The molecular weight excluding hydrogens is 284 g/mol. The lowest BCUT2D eigenvalue weighted by Crippen LogP contribution is -2.21. The third-order valence-electron chi connectivity index (χ3n) is 4.76. The molecule has 1 aliphatic rings. The van der Waals surface area contributed by atoms with Crippen molar-refractivity contribution in [3.05, 3.63) is 59.9 Å². The highest BCUT2D eigenvalue weighted by Crippen LogP contribution is 2.29. The number of anilines is 1. The average Bonchev–Trinajstić information content (AvgIpc) is 3.05. The lowest BCUT2D eigenvalue weighted by Gasteiger charge is -2.19. The van der Waals surface area contributed by atoms with E-state index in [0.29, 0.717) is 0 Å². The smallest absolute Gasteiger partial charge is 0.129 e. The molecule has 1 saturated heterocycles. The van der Waals surface area contributed by atoms with Gasteiger partial charge in [0, 0.05) is 24.6 Å². The van der Waals surface area contributed by atoms with Gasteiger partial charge in [-0.2, -0.15) is 0 Å². The summed E-state index contributed by atoms with van der Waals surface area (Å²) in [6, 6.07) is 12.6. The maximum atomic E-state index is 9.61. The number of benzene rings is 1. The van der Waals surface area contributed by atoms with E-state index in [1.54, 1.807) is 0 Å². The number of nitrogens with zero attached hydrogens (tertiary/aromatic N) is 2. The van der Waals surface area contributed by atoms with Crippen LogP contribution in [0.5, 0.6) is 0 Å². The molecule has 1 aromatic carbocycles. The Bertz CT molecular complexity index is 723. The molecule has 0 spiro atoms. The lowest BCUT2D eigenvalue weighted by atomic mass is 9.97. The molecule has 3 nitrogen and oxygen atoms in total. The molecule has 1 aromatic heterocycles. The second-order valence-electron chi connectivity index (χ2n) is 6.26. The zero-order chi connectivity index (χ0) is 16.4. The van der Waals surface area contributed by atoms with Gasteiger partial charge in [-0.15, -0.1) is 0 Å². The topological polar surface area (TPSA) is 36.4 Å². The maximum absolute atomic E-state index is 9.61. The van der Waals surface area contributed by atoms with E-state index >= 15 is 0 Å². The summed E-state index contributed by atoms with van der Waals surface area (Å²) in [6.45, 7) is 9.72. The largest absolute Gasteiger partial charge is 0.513 e. The van der Waals surface area contributed by atoms with Gasteiger partial charge >= 0.3 is 0 Å².